The monoisotopic (exact) mass is 499 g/mol. The smallest absolute Gasteiger partial charge is 0.253 e. The number of carbonyl (C=O) groups excluding carboxylic acids is 3. The van der Waals surface area contributed by atoms with Gasteiger partial charge in [0, 0.05) is 42.3 Å². The highest BCUT2D eigenvalue weighted by atomic mass is 35.5. The molecule has 8 nitrogen and oxygen atoms in total. The molecule has 1 saturated heterocycles. The van der Waals surface area contributed by atoms with Gasteiger partial charge in [-0.15, -0.1) is 0 Å². The summed E-state index contributed by atoms with van der Waals surface area (Å²) < 4.78 is 10.7. The number of hydrogen-bond donors (Lipinski definition) is 1. The Bertz CT molecular complexity index is 1080. The molecule has 1 fully saturated rings. The van der Waals surface area contributed by atoms with E-state index in [0.29, 0.717) is 66.7 Å². The predicted molar refractivity (Wildman–Crippen MR) is 132 cm³/mol. The van der Waals surface area contributed by atoms with Gasteiger partial charge in [-0.1, -0.05) is 11.6 Å². The second-order valence-corrected chi connectivity index (χ2v) is 9.10. The molecule has 4 rings (SSSR count). The van der Waals surface area contributed by atoms with Crippen LogP contribution in [0.3, 0.4) is 0 Å². The van der Waals surface area contributed by atoms with Gasteiger partial charge in [0.05, 0.1) is 0 Å². The summed E-state index contributed by atoms with van der Waals surface area (Å²) in [4.78, 5) is 42.9. The number of hydrogen-bond acceptors (Lipinski definition) is 5. The molecule has 0 radical (unpaired) electrons. The highest BCUT2D eigenvalue weighted by Gasteiger charge is 2.36. The summed E-state index contributed by atoms with van der Waals surface area (Å²) in [6.45, 7) is 6.09. The van der Waals surface area contributed by atoms with Crippen molar-refractivity contribution in [1.82, 2.24) is 15.1 Å². The van der Waals surface area contributed by atoms with Gasteiger partial charge in [0.25, 0.3) is 11.8 Å². The molecule has 2 aliphatic rings. The third kappa shape index (κ3) is 5.53. The fraction of sp³-hybridized carbons (Fsp3) is 0.423. The molecule has 2 aromatic carbocycles. The van der Waals surface area contributed by atoms with E-state index in [1.54, 1.807) is 52.3 Å². The van der Waals surface area contributed by atoms with Crippen LogP contribution in [0.4, 0.5) is 0 Å². The van der Waals surface area contributed by atoms with Crippen molar-refractivity contribution in [2.24, 2.45) is 5.92 Å². The minimum absolute atomic E-state index is 0.0591. The number of halogens is 1. The molecule has 1 atom stereocenters. The predicted octanol–water partition coefficient (Wildman–Crippen LogP) is 3.59. The van der Waals surface area contributed by atoms with Gasteiger partial charge < -0.3 is 24.6 Å². The van der Waals surface area contributed by atoms with E-state index in [-0.39, 0.29) is 30.4 Å². The van der Waals surface area contributed by atoms with Crippen LogP contribution in [0.5, 0.6) is 11.5 Å². The fourth-order valence-electron chi connectivity index (χ4n) is 4.59. The van der Waals surface area contributed by atoms with Crippen LogP contribution in [0, 0.1) is 5.92 Å². The number of amides is 3. The number of likely N-dealkylation sites (N-methyl/N-ethyl adjacent to an activating group) is 1. The number of piperidine rings is 1. The number of nitrogens with zero attached hydrogens (tertiary/aromatic N) is 2. The lowest BCUT2D eigenvalue weighted by atomic mass is 9.87. The average molecular weight is 500 g/mol. The number of likely N-dealkylation sites (tertiary alicyclic amines) is 1. The number of ether oxygens (including phenoxy) is 2. The van der Waals surface area contributed by atoms with Crippen molar-refractivity contribution in [3.8, 4) is 11.5 Å². The van der Waals surface area contributed by atoms with Crippen molar-refractivity contribution in [1.29, 1.82) is 0 Å². The molecule has 0 aliphatic carbocycles. The largest absolute Gasteiger partial charge is 0.454 e. The van der Waals surface area contributed by atoms with Crippen LogP contribution in [0.1, 0.15) is 47.4 Å². The summed E-state index contributed by atoms with van der Waals surface area (Å²) >= 11 is 5.94. The number of rotatable bonds is 7. The molecule has 0 saturated carbocycles. The van der Waals surface area contributed by atoms with E-state index in [0.717, 1.165) is 0 Å². The number of fused-ring (bicyclic) bond motifs is 1. The van der Waals surface area contributed by atoms with Gasteiger partial charge in [-0.2, -0.15) is 0 Å². The van der Waals surface area contributed by atoms with Crippen LogP contribution in [0.2, 0.25) is 5.02 Å². The molecule has 0 bridgehead atoms. The van der Waals surface area contributed by atoms with Gasteiger partial charge in [-0.3, -0.25) is 14.4 Å². The maximum Gasteiger partial charge on any atom is 0.253 e. The summed E-state index contributed by atoms with van der Waals surface area (Å²) in [6, 6.07) is 11.1. The minimum atomic E-state index is -0.680. The van der Waals surface area contributed by atoms with E-state index in [1.165, 1.54) is 0 Å². The van der Waals surface area contributed by atoms with Crippen LogP contribution in [0.15, 0.2) is 42.5 Å². The maximum atomic E-state index is 13.4. The zero-order chi connectivity index (χ0) is 24.9. The molecule has 3 amide bonds. The van der Waals surface area contributed by atoms with Crippen LogP contribution in [-0.2, 0) is 4.79 Å². The molecule has 2 aromatic rings. The summed E-state index contributed by atoms with van der Waals surface area (Å²) in [6.07, 6.45) is 1.22. The maximum absolute atomic E-state index is 13.4. The van der Waals surface area contributed by atoms with Crippen LogP contribution < -0.4 is 14.8 Å². The van der Waals surface area contributed by atoms with E-state index < -0.39 is 6.04 Å². The second-order valence-electron chi connectivity index (χ2n) is 8.67. The molecular formula is C26H30ClN3O5. The van der Waals surface area contributed by atoms with E-state index >= 15 is 0 Å². The SMILES string of the molecule is CCN(CC)C(=O)[C@H](NC(=O)c1ccc2c(c1)OCO2)C1CCN(C(=O)c2ccc(Cl)cc2)CC1. The first kappa shape index (κ1) is 24.9. The fourth-order valence-corrected chi connectivity index (χ4v) is 4.71. The standard InChI is InChI=1S/C26H30ClN3O5/c1-3-29(4-2)26(33)23(28-24(31)19-7-10-21-22(15-19)35-16-34-21)17-11-13-30(14-12-17)25(32)18-5-8-20(27)9-6-18/h5-10,15,17,23H,3-4,11-14,16H2,1-2H3,(H,28,31)/t23-/m1/s1. The Kier molecular flexibility index (Phi) is 7.80. The Morgan fingerprint density at radius 3 is 2.29 bits per heavy atom. The second kappa shape index (κ2) is 11.0. The van der Waals surface area contributed by atoms with Crippen molar-refractivity contribution >= 4 is 29.3 Å². The summed E-state index contributed by atoms with van der Waals surface area (Å²) in [5, 5.41) is 3.56. The highest BCUT2D eigenvalue weighted by molar-refractivity contribution is 6.30. The molecule has 2 heterocycles. The zero-order valence-electron chi connectivity index (χ0n) is 20.0. The van der Waals surface area contributed by atoms with E-state index in [2.05, 4.69) is 5.32 Å². The summed E-state index contributed by atoms with van der Waals surface area (Å²) in [5.74, 6) is 0.514. The minimum Gasteiger partial charge on any atom is -0.454 e. The van der Waals surface area contributed by atoms with Gasteiger partial charge >= 0.3 is 0 Å². The van der Waals surface area contributed by atoms with Crippen molar-refractivity contribution in [3.63, 3.8) is 0 Å². The van der Waals surface area contributed by atoms with E-state index in [9.17, 15) is 14.4 Å². The van der Waals surface area contributed by atoms with Gasteiger partial charge in [0.1, 0.15) is 6.04 Å². The number of benzene rings is 2. The Morgan fingerprint density at radius 2 is 1.63 bits per heavy atom. The van der Waals surface area contributed by atoms with Crippen molar-refractivity contribution in [2.75, 3.05) is 33.0 Å². The molecular weight excluding hydrogens is 470 g/mol. The molecule has 186 valence electrons. The third-order valence-electron chi connectivity index (χ3n) is 6.65. The third-order valence-corrected chi connectivity index (χ3v) is 6.90. The van der Waals surface area contributed by atoms with Gasteiger partial charge in [0.2, 0.25) is 12.7 Å². The highest BCUT2D eigenvalue weighted by Crippen LogP contribution is 2.32. The average Bonchev–Trinajstić information content (AvgIpc) is 3.36. The molecule has 1 N–H and O–H groups in total. The van der Waals surface area contributed by atoms with Gasteiger partial charge in [0.15, 0.2) is 11.5 Å². The van der Waals surface area contributed by atoms with Crippen LogP contribution in [0.25, 0.3) is 0 Å². The van der Waals surface area contributed by atoms with Crippen molar-refractivity contribution in [3.05, 3.63) is 58.6 Å². The first-order chi connectivity index (χ1) is 16.9. The van der Waals surface area contributed by atoms with Crippen molar-refractivity contribution in [2.45, 2.75) is 32.7 Å². The van der Waals surface area contributed by atoms with Crippen LogP contribution >= 0.6 is 11.6 Å². The van der Waals surface area contributed by atoms with Gasteiger partial charge in [-0.05, 0) is 75.1 Å². The topological polar surface area (TPSA) is 88.2 Å². The molecule has 0 aromatic heterocycles. The first-order valence-electron chi connectivity index (χ1n) is 11.9. The number of nitrogens with one attached hydrogen (secondary N) is 1. The summed E-state index contributed by atoms with van der Waals surface area (Å²) in [7, 11) is 0. The van der Waals surface area contributed by atoms with Crippen molar-refractivity contribution < 1.29 is 23.9 Å². The quantitative estimate of drug-likeness (QED) is 0.629. The Morgan fingerprint density at radius 1 is 1.00 bits per heavy atom. The molecule has 0 spiro atoms. The molecule has 9 heteroatoms. The summed E-state index contributed by atoms with van der Waals surface area (Å²) in [5.41, 5.74) is 0.988. The lowest BCUT2D eigenvalue weighted by Crippen LogP contribution is -2.54. The Hall–Kier alpha value is -3.26. The van der Waals surface area contributed by atoms with Gasteiger partial charge in [-0.25, -0.2) is 0 Å². The normalized spacial score (nSPS) is 16.0. The Labute approximate surface area is 210 Å². The molecule has 2 aliphatic heterocycles. The van der Waals surface area contributed by atoms with E-state index in [1.807, 2.05) is 13.8 Å². The van der Waals surface area contributed by atoms with E-state index in [4.69, 9.17) is 21.1 Å². The first-order valence-corrected chi connectivity index (χ1v) is 12.3. The molecule has 0 unspecified atom stereocenters. The molecule has 35 heavy (non-hydrogen) atoms. The Balaban J connectivity index is 1.47. The zero-order valence-corrected chi connectivity index (χ0v) is 20.7. The lowest BCUT2D eigenvalue weighted by Gasteiger charge is -2.37. The lowest BCUT2D eigenvalue weighted by molar-refractivity contribution is -0.134. The van der Waals surface area contributed by atoms with Crippen LogP contribution in [-0.4, -0.2) is 66.5 Å². The number of carbonyl (C=O) groups is 3.